The van der Waals surface area contributed by atoms with Gasteiger partial charge in [-0.15, -0.1) is 0 Å². The van der Waals surface area contributed by atoms with E-state index in [-0.39, 0.29) is 0 Å². The van der Waals surface area contributed by atoms with Gasteiger partial charge in [0.1, 0.15) is 0 Å². The molecule has 0 unspecified atom stereocenters. The predicted molar refractivity (Wildman–Crippen MR) is 402 cm³/mol. The summed E-state index contributed by atoms with van der Waals surface area (Å²) in [5.41, 5.74) is 1.06. The fraction of sp³-hybridized carbons (Fsp3) is 1.00. The number of hydrogen-bond donors (Lipinski definition) is 0. The summed E-state index contributed by atoms with van der Waals surface area (Å²) in [6, 6.07) is 0. The Labute approximate surface area is 568 Å². The molecule has 0 aromatic heterocycles. The van der Waals surface area contributed by atoms with E-state index in [0.29, 0.717) is 10.8 Å². The second-order valence-corrected chi connectivity index (χ2v) is 33.2. The van der Waals surface area contributed by atoms with Gasteiger partial charge in [0.2, 0.25) is 0 Å². The van der Waals surface area contributed by atoms with Crippen LogP contribution < -0.4 is 0 Å². The SMILES string of the molecule is CCOCCCCCCCCCCC(CCCCCCCCCCOCC)(CCCCCCCCCCOCC)CCSSSSCCC(CCCCCCCCCCOCC)(CCCCCCCCCCOCC)CCCCCCCCCCOCC. The summed E-state index contributed by atoms with van der Waals surface area (Å²) in [6.07, 6.45) is 78.2. The molecule has 0 heterocycles. The number of unbranched alkanes of at least 4 members (excludes halogenated alkanes) is 42. The van der Waals surface area contributed by atoms with E-state index >= 15 is 0 Å². The second-order valence-electron chi connectivity index (χ2n) is 26.9. The van der Waals surface area contributed by atoms with Crippen LogP contribution in [-0.2, 0) is 28.4 Å². The third-order valence-electron chi connectivity index (χ3n) is 19.3. The van der Waals surface area contributed by atoms with Crippen LogP contribution in [0.25, 0.3) is 0 Å². The quantitative estimate of drug-likeness (QED) is 0.0435. The molecular weight excluding hydrogens is 1160 g/mol. The van der Waals surface area contributed by atoms with Crippen LogP contribution in [0.2, 0.25) is 0 Å². The molecule has 0 saturated carbocycles. The Hall–Kier alpha value is 1.16. The minimum atomic E-state index is 0.528. The number of rotatable bonds is 81. The first-order valence-corrected chi connectivity index (χ1v) is 44.8. The molecule has 0 rings (SSSR count). The van der Waals surface area contributed by atoms with E-state index in [1.54, 1.807) is 0 Å². The first-order chi connectivity index (χ1) is 43.6. The molecule has 0 saturated heterocycles. The molecule has 0 aliphatic carbocycles. The van der Waals surface area contributed by atoms with Crippen LogP contribution in [0.15, 0.2) is 0 Å². The van der Waals surface area contributed by atoms with Gasteiger partial charge in [0.15, 0.2) is 0 Å². The molecule has 0 bridgehead atoms. The van der Waals surface area contributed by atoms with E-state index in [2.05, 4.69) is 82.8 Å². The van der Waals surface area contributed by atoms with Crippen molar-refractivity contribution in [2.75, 3.05) is 90.8 Å². The molecular formula is C78H158O6S4. The van der Waals surface area contributed by atoms with Crippen LogP contribution in [0.3, 0.4) is 0 Å². The Bertz CT molecular complexity index is 1030. The minimum absolute atomic E-state index is 0.528. The lowest BCUT2D eigenvalue weighted by molar-refractivity contribution is 0.142. The summed E-state index contributed by atoms with van der Waals surface area (Å²) in [7, 11) is 8.72. The van der Waals surface area contributed by atoms with Crippen LogP contribution in [0.4, 0.5) is 0 Å². The molecule has 6 nitrogen and oxygen atoms in total. The van der Waals surface area contributed by atoms with Crippen molar-refractivity contribution in [1.82, 2.24) is 0 Å². The topological polar surface area (TPSA) is 55.4 Å². The molecule has 0 amide bonds. The number of ether oxygens (including phenoxy) is 6. The molecule has 0 aromatic carbocycles. The minimum Gasteiger partial charge on any atom is -0.382 e. The van der Waals surface area contributed by atoms with Gasteiger partial charge in [-0.1, -0.05) is 291 Å². The van der Waals surface area contributed by atoms with Gasteiger partial charge in [-0.3, -0.25) is 0 Å². The zero-order valence-corrected chi connectivity index (χ0v) is 63.8. The van der Waals surface area contributed by atoms with Crippen LogP contribution in [0.1, 0.15) is 401 Å². The van der Waals surface area contributed by atoms with Crippen molar-refractivity contribution < 1.29 is 28.4 Å². The van der Waals surface area contributed by atoms with Crippen molar-refractivity contribution >= 4 is 41.2 Å². The van der Waals surface area contributed by atoms with Gasteiger partial charge in [-0.2, -0.15) is 0 Å². The van der Waals surface area contributed by atoms with Gasteiger partial charge in [0.25, 0.3) is 0 Å². The van der Waals surface area contributed by atoms with Gasteiger partial charge in [-0.05, 0) is 162 Å². The molecule has 0 fully saturated rings. The van der Waals surface area contributed by atoms with Gasteiger partial charge < -0.3 is 28.4 Å². The Morgan fingerprint density at radius 3 is 0.455 bits per heavy atom. The largest absolute Gasteiger partial charge is 0.382 e. The number of hydrogen-bond acceptors (Lipinski definition) is 10. The molecule has 0 aliphatic heterocycles. The van der Waals surface area contributed by atoms with Crippen molar-refractivity contribution in [3.8, 4) is 0 Å². The molecule has 0 aromatic rings. The van der Waals surface area contributed by atoms with Gasteiger partial charge in [0.05, 0.1) is 0 Å². The predicted octanol–water partition coefficient (Wildman–Crippen LogP) is 27.7. The maximum Gasteiger partial charge on any atom is 0.0465 e. The van der Waals surface area contributed by atoms with Gasteiger partial charge >= 0.3 is 0 Å². The summed E-state index contributed by atoms with van der Waals surface area (Å²) >= 11 is 0. The van der Waals surface area contributed by atoms with E-state index in [4.69, 9.17) is 28.4 Å². The molecule has 0 N–H and O–H groups in total. The summed E-state index contributed by atoms with van der Waals surface area (Å²) < 4.78 is 33.7. The molecule has 88 heavy (non-hydrogen) atoms. The first kappa shape index (κ1) is 89.2. The third-order valence-corrected chi connectivity index (χ3v) is 25.7. The summed E-state index contributed by atoms with van der Waals surface area (Å²) in [5, 5.41) is 0. The Kier molecular flexibility index (Phi) is 78.2. The van der Waals surface area contributed by atoms with Crippen molar-refractivity contribution in [2.45, 2.75) is 401 Å². The highest BCUT2D eigenvalue weighted by Crippen LogP contribution is 2.49. The average Bonchev–Trinajstić information content (AvgIpc) is 3.63. The van der Waals surface area contributed by atoms with E-state index < -0.39 is 0 Å². The second kappa shape index (κ2) is 77.2. The van der Waals surface area contributed by atoms with Crippen molar-refractivity contribution in [3.63, 3.8) is 0 Å². The molecule has 530 valence electrons. The lowest BCUT2D eigenvalue weighted by atomic mass is 9.72. The normalized spacial score (nSPS) is 12.2. The zero-order chi connectivity index (χ0) is 63.6. The van der Waals surface area contributed by atoms with Crippen LogP contribution in [0, 0.1) is 10.8 Å². The van der Waals surface area contributed by atoms with Crippen molar-refractivity contribution in [2.24, 2.45) is 10.8 Å². The highest BCUT2D eigenvalue weighted by Gasteiger charge is 2.30. The van der Waals surface area contributed by atoms with Crippen LogP contribution >= 0.6 is 41.2 Å². The fourth-order valence-electron chi connectivity index (χ4n) is 13.6. The van der Waals surface area contributed by atoms with E-state index in [1.807, 2.05) is 0 Å². The lowest BCUT2D eigenvalue weighted by Crippen LogP contribution is -2.22. The highest BCUT2D eigenvalue weighted by atomic mass is 33.7. The molecule has 0 atom stereocenters. The third kappa shape index (κ3) is 67.2. The van der Waals surface area contributed by atoms with E-state index in [1.165, 1.54) is 371 Å². The Balaban J connectivity index is 5.91. The first-order valence-electron chi connectivity index (χ1n) is 39.6. The Morgan fingerprint density at radius 2 is 0.307 bits per heavy atom. The van der Waals surface area contributed by atoms with Gasteiger partial charge in [-0.25, -0.2) is 0 Å². The zero-order valence-electron chi connectivity index (χ0n) is 60.6. The van der Waals surface area contributed by atoms with Crippen LogP contribution in [-0.4, -0.2) is 90.8 Å². The summed E-state index contributed by atoms with van der Waals surface area (Å²) in [4.78, 5) is 0. The highest BCUT2D eigenvalue weighted by molar-refractivity contribution is 9.26. The molecule has 0 spiro atoms. The smallest absolute Gasteiger partial charge is 0.0465 e. The average molecular weight is 1320 g/mol. The molecule has 0 aliphatic rings. The molecule has 0 radical (unpaired) electrons. The molecule has 10 heteroatoms. The fourth-order valence-corrected chi connectivity index (χ4v) is 20.0. The summed E-state index contributed by atoms with van der Waals surface area (Å²) in [5.74, 6) is 2.64. The van der Waals surface area contributed by atoms with Crippen LogP contribution in [0.5, 0.6) is 0 Å². The van der Waals surface area contributed by atoms with E-state index in [9.17, 15) is 0 Å². The monoisotopic (exact) mass is 1320 g/mol. The summed E-state index contributed by atoms with van der Waals surface area (Å²) in [6.45, 7) is 23.5. The maximum atomic E-state index is 5.61. The van der Waals surface area contributed by atoms with Crippen molar-refractivity contribution in [1.29, 1.82) is 0 Å². The van der Waals surface area contributed by atoms with E-state index in [0.717, 1.165) is 79.3 Å². The Morgan fingerprint density at radius 1 is 0.170 bits per heavy atom. The van der Waals surface area contributed by atoms with Crippen molar-refractivity contribution in [3.05, 3.63) is 0 Å². The standard InChI is InChI=1S/C78H158O6S4/c1-7-79-69-55-43-31-19-13-25-37-49-61-77(62-50-38-26-14-20-32-44-56-70-80-8-2,63-51-39-27-15-21-33-45-57-71-81-9-3)67-75-85-87-88-86-76-68-78(64-52-40-28-16-22-34-46-58-72-82-10-4,65-53-41-29-17-23-35-47-59-73-83-11-5)66-54-42-30-18-24-36-48-60-74-84-12-6/h7-76H2,1-6H3. The lowest BCUT2D eigenvalue weighted by Gasteiger charge is -2.35. The maximum absolute atomic E-state index is 5.61. The van der Waals surface area contributed by atoms with Gasteiger partial charge in [0, 0.05) is 90.8 Å².